The number of nitrogens with zero attached hydrogens (tertiary/aromatic N) is 1. The highest BCUT2D eigenvalue weighted by atomic mass is 32.2. The standard InChI is InChI=1S/C18H21NO3S2/c1-13-4-3-5-15(10-13)18(20)19(11-17-14(2)6-8-23-17)16-7-9-24(21,22)12-16/h3-6,8,10,16H,7,9,11-12H2,1-2H3/t16-/m1/s1. The van der Waals surface area contributed by atoms with Gasteiger partial charge in [0, 0.05) is 16.5 Å². The second-order valence-corrected chi connectivity index (χ2v) is 9.62. The van der Waals surface area contributed by atoms with Gasteiger partial charge in [-0.3, -0.25) is 4.79 Å². The topological polar surface area (TPSA) is 54.5 Å². The zero-order chi connectivity index (χ0) is 17.3. The van der Waals surface area contributed by atoms with E-state index >= 15 is 0 Å². The summed E-state index contributed by atoms with van der Waals surface area (Å²) >= 11 is 1.61. The Morgan fingerprint density at radius 2 is 2.08 bits per heavy atom. The Balaban J connectivity index is 1.92. The molecule has 0 bridgehead atoms. The lowest BCUT2D eigenvalue weighted by Gasteiger charge is -2.28. The number of carbonyl (C=O) groups excluding carboxylic acids is 1. The molecule has 2 heterocycles. The molecule has 128 valence electrons. The molecule has 0 spiro atoms. The van der Waals surface area contributed by atoms with Crippen molar-refractivity contribution >= 4 is 27.1 Å². The first-order valence-electron chi connectivity index (χ1n) is 7.97. The molecule has 0 unspecified atom stereocenters. The van der Waals surface area contributed by atoms with Crippen molar-refractivity contribution in [2.24, 2.45) is 0 Å². The van der Waals surface area contributed by atoms with Crippen LogP contribution in [0.15, 0.2) is 35.7 Å². The molecule has 24 heavy (non-hydrogen) atoms. The lowest BCUT2D eigenvalue weighted by Crippen LogP contribution is -2.40. The minimum Gasteiger partial charge on any atom is -0.329 e. The van der Waals surface area contributed by atoms with Crippen LogP contribution in [-0.4, -0.2) is 36.8 Å². The Morgan fingerprint density at radius 1 is 1.29 bits per heavy atom. The highest BCUT2D eigenvalue weighted by Crippen LogP contribution is 2.25. The van der Waals surface area contributed by atoms with Crippen LogP contribution in [0.1, 0.15) is 32.8 Å². The highest BCUT2D eigenvalue weighted by Gasteiger charge is 2.35. The SMILES string of the molecule is Cc1cccc(C(=O)N(Cc2sccc2C)[C@@H]2CCS(=O)(=O)C2)c1. The zero-order valence-corrected chi connectivity index (χ0v) is 15.5. The Kier molecular flexibility index (Phi) is 4.78. The fourth-order valence-corrected chi connectivity index (χ4v) is 5.69. The molecule has 0 N–H and O–H groups in total. The first-order chi connectivity index (χ1) is 11.4. The molecule has 3 rings (SSSR count). The summed E-state index contributed by atoms with van der Waals surface area (Å²) in [5.41, 5.74) is 2.78. The monoisotopic (exact) mass is 363 g/mol. The lowest BCUT2D eigenvalue weighted by atomic mass is 10.1. The Bertz CT molecular complexity index is 855. The summed E-state index contributed by atoms with van der Waals surface area (Å²) in [5, 5.41) is 2.01. The van der Waals surface area contributed by atoms with Gasteiger partial charge in [0.25, 0.3) is 5.91 Å². The van der Waals surface area contributed by atoms with Crippen molar-refractivity contribution in [2.45, 2.75) is 32.9 Å². The number of hydrogen-bond acceptors (Lipinski definition) is 4. The Labute approximate surface area is 147 Å². The van der Waals surface area contributed by atoms with Crippen LogP contribution in [-0.2, 0) is 16.4 Å². The van der Waals surface area contributed by atoms with Crippen molar-refractivity contribution < 1.29 is 13.2 Å². The van der Waals surface area contributed by atoms with E-state index in [0.717, 1.165) is 16.0 Å². The van der Waals surface area contributed by atoms with Gasteiger partial charge in [0.15, 0.2) is 9.84 Å². The first kappa shape index (κ1) is 17.2. The van der Waals surface area contributed by atoms with Crippen molar-refractivity contribution in [1.82, 2.24) is 4.90 Å². The van der Waals surface area contributed by atoms with Crippen molar-refractivity contribution in [2.75, 3.05) is 11.5 Å². The number of rotatable bonds is 4. The van der Waals surface area contributed by atoms with Crippen LogP contribution in [0, 0.1) is 13.8 Å². The molecule has 1 amide bonds. The molecule has 1 fully saturated rings. The molecule has 1 atom stereocenters. The summed E-state index contributed by atoms with van der Waals surface area (Å²) in [6.07, 6.45) is 0.518. The Hall–Kier alpha value is -1.66. The van der Waals surface area contributed by atoms with Crippen LogP contribution in [0.2, 0.25) is 0 Å². The second-order valence-electron chi connectivity index (χ2n) is 6.39. The predicted molar refractivity (Wildman–Crippen MR) is 97.2 cm³/mol. The fraction of sp³-hybridized carbons (Fsp3) is 0.389. The molecular formula is C18H21NO3S2. The fourth-order valence-electron chi connectivity index (χ4n) is 3.05. The third-order valence-electron chi connectivity index (χ3n) is 4.46. The molecule has 2 aromatic rings. The molecule has 0 aliphatic carbocycles. The van der Waals surface area contributed by atoms with Gasteiger partial charge >= 0.3 is 0 Å². The largest absolute Gasteiger partial charge is 0.329 e. The van der Waals surface area contributed by atoms with Crippen LogP contribution < -0.4 is 0 Å². The van der Waals surface area contributed by atoms with Crippen LogP contribution in [0.5, 0.6) is 0 Å². The average Bonchev–Trinajstić information content (AvgIpc) is 3.09. The first-order valence-corrected chi connectivity index (χ1v) is 10.7. The number of sulfone groups is 1. The summed E-state index contributed by atoms with van der Waals surface area (Å²) in [6.45, 7) is 4.44. The quantitative estimate of drug-likeness (QED) is 0.838. The van der Waals surface area contributed by atoms with E-state index < -0.39 is 9.84 Å². The van der Waals surface area contributed by atoms with E-state index in [1.54, 1.807) is 22.3 Å². The van der Waals surface area contributed by atoms with Gasteiger partial charge in [-0.05, 0) is 49.4 Å². The molecule has 1 aliphatic heterocycles. The number of carbonyl (C=O) groups is 1. The molecule has 0 radical (unpaired) electrons. The number of thiophene rings is 1. The van der Waals surface area contributed by atoms with Crippen molar-refractivity contribution in [3.8, 4) is 0 Å². The third-order valence-corrected chi connectivity index (χ3v) is 7.22. The minimum atomic E-state index is -3.04. The van der Waals surface area contributed by atoms with E-state index in [1.165, 1.54) is 0 Å². The predicted octanol–water partition coefficient (Wildman–Crippen LogP) is 3.19. The van der Waals surface area contributed by atoms with Crippen LogP contribution >= 0.6 is 11.3 Å². The van der Waals surface area contributed by atoms with E-state index in [2.05, 4.69) is 0 Å². The van der Waals surface area contributed by atoms with E-state index in [1.807, 2.05) is 43.5 Å². The van der Waals surface area contributed by atoms with Crippen molar-refractivity contribution in [1.29, 1.82) is 0 Å². The molecule has 4 nitrogen and oxygen atoms in total. The molecule has 1 aromatic heterocycles. The number of aryl methyl sites for hydroxylation is 2. The van der Waals surface area contributed by atoms with Gasteiger partial charge in [0.2, 0.25) is 0 Å². The van der Waals surface area contributed by atoms with Gasteiger partial charge in [-0.1, -0.05) is 17.7 Å². The van der Waals surface area contributed by atoms with E-state index in [9.17, 15) is 13.2 Å². The molecule has 1 saturated heterocycles. The summed E-state index contributed by atoms with van der Waals surface area (Å²) in [6, 6.07) is 9.26. The van der Waals surface area contributed by atoms with E-state index in [0.29, 0.717) is 18.5 Å². The second kappa shape index (κ2) is 6.69. The van der Waals surface area contributed by atoms with Gasteiger partial charge in [0.05, 0.1) is 18.1 Å². The summed E-state index contributed by atoms with van der Waals surface area (Å²) in [7, 11) is -3.04. The van der Waals surface area contributed by atoms with Crippen LogP contribution in [0.25, 0.3) is 0 Å². The normalized spacial score (nSPS) is 19.3. The van der Waals surface area contributed by atoms with Gasteiger partial charge in [-0.2, -0.15) is 0 Å². The Morgan fingerprint density at radius 3 is 2.67 bits per heavy atom. The van der Waals surface area contributed by atoms with E-state index in [4.69, 9.17) is 0 Å². The highest BCUT2D eigenvalue weighted by molar-refractivity contribution is 7.91. The minimum absolute atomic E-state index is 0.0645. The number of amides is 1. The van der Waals surface area contributed by atoms with Crippen LogP contribution in [0.4, 0.5) is 0 Å². The van der Waals surface area contributed by atoms with Crippen molar-refractivity contribution in [3.05, 3.63) is 57.3 Å². The van der Waals surface area contributed by atoms with Crippen molar-refractivity contribution in [3.63, 3.8) is 0 Å². The summed E-state index contributed by atoms with van der Waals surface area (Å²) in [4.78, 5) is 15.9. The van der Waals surface area contributed by atoms with Gasteiger partial charge in [-0.25, -0.2) is 8.42 Å². The number of benzene rings is 1. The van der Waals surface area contributed by atoms with Gasteiger partial charge < -0.3 is 4.90 Å². The van der Waals surface area contributed by atoms with Gasteiger partial charge in [0.1, 0.15) is 0 Å². The maximum absolute atomic E-state index is 13.1. The lowest BCUT2D eigenvalue weighted by molar-refractivity contribution is 0.0682. The number of hydrogen-bond donors (Lipinski definition) is 0. The maximum Gasteiger partial charge on any atom is 0.254 e. The molecule has 0 saturated carbocycles. The summed E-state index contributed by atoms with van der Waals surface area (Å²) in [5.74, 6) is 0.141. The van der Waals surface area contributed by atoms with Crippen LogP contribution in [0.3, 0.4) is 0 Å². The summed E-state index contributed by atoms with van der Waals surface area (Å²) < 4.78 is 23.8. The van der Waals surface area contributed by atoms with Gasteiger partial charge in [-0.15, -0.1) is 11.3 Å². The zero-order valence-electron chi connectivity index (χ0n) is 13.9. The van der Waals surface area contributed by atoms with E-state index in [-0.39, 0.29) is 23.5 Å². The average molecular weight is 364 g/mol. The molecular weight excluding hydrogens is 342 g/mol. The third kappa shape index (κ3) is 3.70. The molecule has 6 heteroatoms. The maximum atomic E-state index is 13.1. The molecule has 1 aliphatic rings. The smallest absolute Gasteiger partial charge is 0.254 e. The molecule has 1 aromatic carbocycles.